The molecule has 0 heterocycles. The molecule has 2 rings (SSSR count). The molecule has 23 heavy (non-hydrogen) atoms. The maximum Gasteiger partial charge on any atom is 0.222 e. The molecule has 0 aliphatic rings. The molecule has 2 aromatic carbocycles. The van der Waals surface area contributed by atoms with Gasteiger partial charge >= 0.3 is 0 Å². The lowest BCUT2D eigenvalue weighted by molar-refractivity contribution is -0.121. The number of carbonyl (C=O) groups is 1. The van der Waals surface area contributed by atoms with E-state index in [1.807, 2.05) is 24.3 Å². The Bertz CT molecular complexity index is 638. The van der Waals surface area contributed by atoms with E-state index >= 15 is 0 Å². The molecule has 122 valence electrons. The van der Waals surface area contributed by atoms with Gasteiger partial charge in [-0.1, -0.05) is 55.8 Å². The molecule has 3 nitrogen and oxygen atoms in total. The molecule has 0 aliphatic heterocycles. The van der Waals surface area contributed by atoms with Crippen LogP contribution in [0.3, 0.4) is 0 Å². The number of amides is 1. The van der Waals surface area contributed by atoms with Crippen molar-refractivity contribution in [1.82, 2.24) is 5.32 Å². The lowest BCUT2D eigenvalue weighted by Gasteiger charge is -2.10. The molecular weight excluding hydrogens is 308 g/mol. The number of nitrogens with one attached hydrogen (secondary N) is 2. The zero-order chi connectivity index (χ0) is 16.7. The summed E-state index contributed by atoms with van der Waals surface area (Å²) in [5, 5.41) is 6.83. The average Bonchev–Trinajstić information content (AvgIpc) is 2.54. The smallest absolute Gasteiger partial charge is 0.222 e. The van der Waals surface area contributed by atoms with Gasteiger partial charge < -0.3 is 10.6 Å². The summed E-state index contributed by atoms with van der Waals surface area (Å²) < 4.78 is 0. The minimum absolute atomic E-state index is 0.0104. The Hall–Kier alpha value is -2.00. The largest absolute Gasteiger partial charge is 0.385 e. The minimum Gasteiger partial charge on any atom is -0.385 e. The summed E-state index contributed by atoms with van der Waals surface area (Å²) in [5.74, 6) is 0.538. The number of carbonyl (C=O) groups excluding carboxylic acids is 1. The van der Waals surface area contributed by atoms with Gasteiger partial charge in [-0.15, -0.1) is 0 Å². The molecule has 2 N–H and O–H groups in total. The van der Waals surface area contributed by atoms with Crippen LogP contribution in [0.1, 0.15) is 37.3 Å². The van der Waals surface area contributed by atoms with Crippen LogP contribution < -0.4 is 10.6 Å². The van der Waals surface area contributed by atoms with Crippen LogP contribution in [-0.4, -0.2) is 12.5 Å². The van der Waals surface area contributed by atoms with Crippen molar-refractivity contribution in [2.45, 2.75) is 32.7 Å². The van der Waals surface area contributed by atoms with E-state index in [0.717, 1.165) is 11.3 Å². The van der Waals surface area contributed by atoms with E-state index in [4.69, 9.17) is 11.6 Å². The van der Waals surface area contributed by atoms with Crippen LogP contribution in [-0.2, 0) is 11.3 Å². The van der Waals surface area contributed by atoms with Gasteiger partial charge in [-0.2, -0.15) is 0 Å². The van der Waals surface area contributed by atoms with Crippen LogP contribution in [0.4, 0.5) is 5.69 Å². The third kappa shape index (κ3) is 5.61. The van der Waals surface area contributed by atoms with Crippen molar-refractivity contribution in [2.24, 2.45) is 0 Å². The van der Waals surface area contributed by atoms with Crippen molar-refractivity contribution in [3.05, 3.63) is 64.7 Å². The van der Waals surface area contributed by atoms with Crippen molar-refractivity contribution >= 4 is 23.2 Å². The maximum atomic E-state index is 11.9. The molecule has 0 unspecified atom stereocenters. The second kappa shape index (κ2) is 8.59. The number of rotatable bonds is 7. The Morgan fingerprint density at radius 3 is 2.43 bits per heavy atom. The van der Waals surface area contributed by atoms with Gasteiger partial charge in [-0.3, -0.25) is 4.79 Å². The summed E-state index contributed by atoms with van der Waals surface area (Å²) in [6, 6.07) is 15.9. The fourth-order valence-corrected chi connectivity index (χ4v) is 2.43. The molecule has 0 saturated carbocycles. The number of hydrogen-bond acceptors (Lipinski definition) is 2. The molecule has 0 aromatic heterocycles. The summed E-state index contributed by atoms with van der Waals surface area (Å²) >= 11 is 6.06. The summed E-state index contributed by atoms with van der Waals surface area (Å²) in [6.07, 6.45) is 0.427. The lowest BCUT2D eigenvalue weighted by Crippen LogP contribution is -2.25. The van der Waals surface area contributed by atoms with Gasteiger partial charge in [0, 0.05) is 30.2 Å². The molecule has 0 radical (unpaired) electrons. The van der Waals surface area contributed by atoms with Crippen LogP contribution in [0, 0.1) is 0 Å². The first-order valence-electron chi connectivity index (χ1n) is 7.90. The standard InChI is InChI=1S/C19H23ClN2O/c1-14(2)15-7-9-17(10-8-15)21-12-11-19(23)22-13-16-5-3-4-6-18(16)20/h3-10,14,21H,11-13H2,1-2H3,(H,22,23). The molecule has 0 fully saturated rings. The van der Waals surface area contributed by atoms with E-state index < -0.39 is 0 Å². The molecule has 2 aromatic rings. The topological polar surface area (TPSA) is 41.1 Å². The predicted molar refractivity (Wildman–Crippen MR) is 96.9 cm³/mol. The summed E-state index contributed by atoms with van der Waals surface area (Å²) in [4.78, 5) is 11.9. The molecule has 0 aliphatic carbocycles. The summed E-state index contributed by atoms with van der Waals surface area (Å²) in [7, 11) is 0. The lowest BCUT2D eigenvalue weighted by atomic mass is 10.0. The summed E-state index contributed by atoms with van der Waals surface area (Å²) in [5.41, 5.74) is 3.28. The highest BCUT2D eigenvalue weighted by Crippen LogP contribution is 2.17. The van der Waals surface area contributed by atoms with Crippen LogP contribution in [0.25, 0.3) is 0 Å². The number of anilines is 1. The van der Waals surface area contributed by atoms with Crippen molar-refractivity contribution in [3.8, 4) is 0 Å². The Labute approximate surface area is 143 Å². The highest BCUT2D eigenvalue weighted by Gasteiger charge is 2.04. The molecule has 0 bridgehead atoms. The second-order valence-corrected chi connectivity index (χ2v) is 6.23. The maximum absolute atomic E-state index is 11.9. The first-order chi connectivity index (χ1) is 11.1. The molecule has 0 atom stereocenters. The molecule has 0 spiro atoms. The third-order valence-corrected chi connectivity index (χ3v) is 4.06. The van der Waals surface area contributed by atoms with E-state index in [1.165, 1.54) is 5.56 Å². The van der Waals surface area contributed by atoms with E-state index in [-0.39, 0.29) is 5.91 Å². The van der Waals surface area contributed by atoms with Crippen LogP contribution in [0.15, 0.2) is 48.5 Å². The molecule has 1 amide bonds. The fourth-order valence-electron chi connectivity index (χ4n) is 2.23. The first kappa shape index (κ1) is 17.4. The average molecular weight is 331 g/mol. The normalized spacial score (nSPS) is 10.6. The zero-order valence-corrected chi connectivity index (χ0v) is 14.4. The van der Waals surface area contributed by atoms with E-state index in [2.05, 4.69) is 48.7 Å². The van der Waals surface area contributed by atoms with Crippen LogP contribution >= 0.6 is 11.6 Å². The quantitative estimate of drug-likeness (QED) is 0.780. The Balaban J connectivity index is 1.71. The Morgan fingerprint density at radius 2 is 1.78 bits per heavy atom. The van der Waals surface area contributed by atoms with Crippen LogP contribution in [0.5, 0.6) is 0 Å². The van der Waals surface area contributed by atoms with Crippen molar-refractivity contribution < 1.29 is 4.79 Å². The van der Waals surface area contributed by atoms with E-state index in [9.17, 15) is 4.79 Å². The third-order valence-electron chi connectivity index (χ3n) is 3.69. The predicted octanol–water partition coefficient (Wildman–Crippen LogP) is 4.58. The van der Waals surface area contributed by atoms with Crippen molar-refractivity contribution in [1.29, 1.82) is 0 Å². The Kier molecular flexibility index (Phi) is 6.48. The minimum atomic E-state index is 0.0104. The van der Waals surface area contributed by atoms with Gasteiger partial charge in [0.15, 0.2) is 0 Å². The Morgan fingerprint density at radius 1 is 1.09 bits per heavy atom. The molecular formula is C19H23ClN2O. The zero-order valence-electron chi connectivity index (χ0n) is 13.6. The van der Waals surface area contributed by atoms with Gasteiger partial charge in [0.2, 0.25) is 5.91 Å². The number of halogens is 1. The number of hydrogen-bond donors (Lipinski definition) is 2. The van der Waals surface area contributed by atoms with Gasteiger partial charge in [0.05, 0.1) is 0 Å². The van der Waals surface area contributed by atoms with Gasteiger partial charge in [0.1, 0.15) is 0 Å². The highest BCUT2D eigenvalue weighted by atomic mass is 35.5. The number of benzene rings is 2. The highest BCUT2D eigenvalue weighted by molar-refractivity contribution is 6.31. The first-order valence-corrected chi connectivity index (χ1v) is 8.28. The monoisotopic (exact) mass is 330 g/mol. The van der Waals surface area contributed by atoms with E-state index in [1.54, 1.807) is 0 Å². The molecule has 0 saturated heterocycles. The van der Waals surface area contributed by atoms with Crippen LogP contribution in [0.2, 0.25) is 5.02 Å². The second-order valence-electron chi connectivity index (χ2n) is 5.82. The molecule has 4 heteroatoms. The van der Waals surface area contributed by atoms with Crippen molar-refractivity contribution in [3.63, 3.8) is 0 Å². The van der Waals surface area contributed by atoms with Gasteiger partial charge in [0.25, 0.3) is 0 Å². The van der Waals surface area contributed by atoms with E-state index in [0.29, 0.717) is 30.5 Å². The van der Waals surface area contributed by atoms with Gasteiger partial charge in [-0.25, -0.2) is 0 Å². The summed E-state index contributed by atoms with van der Waals surface area (Å²) in [6.45, 7) is 5.41. The van der Waals surface area contributed by atoms with Crippen molar-refractivity contribution in [2.75, 3.05) is 11.9 Å². The SMILES string of the molecule is CC(C)c1ccc(NCCC(=O)NCc2ccccc2Cl)cc1. The fraction of sp³-hybridized carbons (Fsp3) is 0.316. The van der Waals surface area contributed by atoms with Gasteiger partial charge in [-0.05, 0) is 35.2 Å².